The molecule has 0 saturated carbocycles. The van der Waals surface area contributed by atoms with Gasteiger partial charge in [-0.1, -0.05) is 13.3 Å². The molecule has 1 heterocycles. The Morgan fingerprint density at radius 1 is 1.78 bits per heavy atom. The van der Waals surface area contributed by atoms with Gasteiger partial charge in [-0.25, -0.2) is 4.79 Å². The van der Waals surface area contributed by atoms with Crippen LogP contribution in [-0.4, -0.2) is 12.1 Å². The van der Waals surface area contributed by atoms with E-state index in [1.807, 2.05) is 6.08 Å². The van der Waals surface area contributed by atoms with Crippen LogP contribution in [-0.2, 0) is 9.53 Å². The number of hydrogen-bond donors (Lipinski definition) is 0. The summed E-state index contributed by atoms with van der Waals surface area (Å²) in [6, 6.07) is 0. The molecule has 0 fully saturated rings. The van der Waals surface area contributed by atoms with Crippen LogP contribution >= 0.6 is 0 Å². The van der Waals surface area contributed by atoms with E-state index in [0.29, 0.717) is 0 Å². The van der Waals surface area contributed by atoms with Gasteiger partial charge in [0.1, 0.15) is 6.10 Å². The van der Waals surface area contributed by atoms with Crippen LogP contribution in [0.1, 0.15) is 19.8 Å². The number of cyclic esters (lactones) is 1. The van der Waals surface area contributed by atoms with Crippen LogP contribution in [0.4, 0.5) is 0 Å². The molecule has 0 bridgehead atoms. The quantitative estimate of drug-likeness (QED) is 0.521. The lowest BCUT2D eigenvalue weighted by Gasteiger charge is -2.03. The molecule has 1 atom stereocenters. The molecular formula is C7H10O2. The van der Waals surface area contributed by atoms with Crippen LogP contribution in [0.25, 0.3) is 0 Å². The van der Waals surface area contributed by atoms with E-state index in [9.17, 15) is 4.79 Å². The van der Waals surface area contributed by atoms with Crippen LogP contribution in [0.5, 0.6) is 0 Å². The van der Waals surface area contributed by atoms with Gasteiger partial charge in [0, 0.05) is 6.08 Å². The number of esters is 1. The molecule has 9 heavy (non-hydrogen) atoms. The van der Waals surface area contributed by atoms with Crippen molar-refractivity contribution in [2.45, 2.75) is 25.9 Å². The molecule has 0 saturated heterocycles. The molecule has 2 nitrogen and oxygen atoms in total. The first kappa shape index (κ1) is 6.33. The normalized spacial score (nSPS) is 24.6. The highest BCUT2D eigenvalue weighted by atomic mass is 16.5. The van der Waals surface area contributed by atoms with Gasteiger partial charge in [-0.3, -0.25) is 0 Å². The lowest BCUT2D eigenvalue weighted by molar-refractivity contribution is -0.138. The number of carbonyl (C=O) groups excluding carboxylic acids is 1. The third-order valence-electron chi connectivity index (χ3n) is 1.29. The molecule has 0 aliphatic carbocycles. The Kier molecular flexibility index (Phi) is 1.88. The van der Waals surface area contributed by atoms with Crippen molar-refractivity contribution < 1.29 is 9.53 Å². The SMILES string of the molecule is CCCC1C=CC(=O)O1. The first-order valence-electron chi connectivity index (χ1n) is 3.21. The lowest BCUT2D eigenvalue weighted by atomic mass is 10.2. The second-order valence-electron chi connectivity index (χ2n) is 2.12. The molecule has 0 aromatic carbocycles. The fourth-order valence-corrected chi connectivity index (χ4v) is 0.853. The molecule has 1 aliphatic heterocycles. The van der Waals surface area contributed by atoms with Crippen molar-refractivity contribution in [1.29, 1.82) is 0 Å². The van der Waals surface area contributed by atoms with Gasteiger partial charge < -0.3 is 4.74 Å². The first-order chi connectivity index (χ1) is 4.33. The average molecular weight is 126 g/mol. The van der Waals surface area contributed by atoms with Gasteiger partial charge in [0.2, 0.25) is 0 Å². The summed E-state index contributed by atoms with van der Waals surface area (Å²) < 4.78 is 4.85. The molecule has 50 valence electrons. The molecule has 1 aliphatic rings. The number of carbonyl (C=O) groups is 1. The zero-order valence-corrected chi connectivity index (χ0v) is 5.46. The summed E-state index contributed by atoms with van der Waals surface area (Å²) in [7, 11) is 0. The van der Waals surface area contributed by atoms with Gasteiger partial charge in [0.15, 0.2) is 0 Å². The van der Waals surface area contributed by atoms with Gasteiger partial charge >= 0.3 is 5.97 Å². The second kappa shape index (κ2) is 2.67. The van der Waals surface area contributed by atoms with Crippen molar-refractivity contribution in [3.63, 3.8) is 0 Å². The minimum Gasteiger partial charge on any atom is -0.455 e. The Labute approximate surface area is 54.5 Å². The molecule has 0 aromatic rings. The largest absolute Gasteiger partial charge is 0.455 e. The van der Waals surface area contributed by atoms with E-state index >= 15 is 0 Å². The van der Waals surface area contributed by atoms with Crippen LogP contribution in [0, 0.1) is 0 Å². The Bertz CT molecular complexity index is 138. The Morgan fingerprint density at radius 2 is 2.56 bits per heavy atom. The summed E-state index contributed by atoms with van der Waals surface area (Å²) in [5.41, 5.74) is 0. The van der Waals surface area contributed by atoms with Crippen molar-refractivity contribution in [3.8, 4) is 0 Å². The standard InChI is InChI=1S/C7H10O2/c1-2-3-6-4-5-7(8)9-6/h4-6H,2-3H2,1H3. The third-order valence-corrected chi connectivity index (χ3v) is 1.29. The monoisotopic (exact) mass is 126 g/mol. The van der Waals surface area contributed by atoms with Gasteiger partial charge in [-0.15, -0.1) is 0 Å². The molecule has 1 unspecified atom stereocenters. The van der Waals surface area contributed by atoms with E-state index in [-0.39, 0.29) is 12.1 Å². The summed E-state index contributed by atoms with van der Waals surface area (Å²) in [6.07, 6.45) is 5.36. The average Bonchev–Trinajstić information content (AvgIpc) is 2.17. The third kappa shape index (κ3) is 1.56. The summed E-state index contributed by atoms with van der Waals surface area (Å²) >= 11 is 0. The predicted octanol–water partition coefficient (Wildman–Crippen LogP) is 1.27. The number of ether oxygens (including phenoxy) is 1. The molecule has 0 amide bonds. The van der Waals surface area contributed by atoms with E-state index in [0.717, 1.165) is 12.8 Å². The van der Waals surface area contributed by atoms with E-state index in [1.54, 1.807) is 0 Å². The van der Waals surface area contributed by atoms with Crippen LogP contribution in [0.15, 0.2) is 12.2 Å². The zero-order chi connectivity index (χ0) is 6.69. The molecule has 2 heteroatoms. The van der Waals surface area contributed by atoms with Crippen molar-refractivity contribution in [3.05, 3.63) is 12.2 Å². The van der Waals surface area contributed by atoms with Gasteiger partial charge in [0.25, 0.3) is 0 Å². The fraction of sp³-hybridized carbons (Fsp3) is 0.571. The van der Waals surface area contributed by atoms with E-state index in [4.69, 9.17) is 4.74 Å². The summed E-state index contributed by atoms with van der Waals surface area (Å²) in [5, 5.41) is 0. The molecule has 0 aromatic heterocycles. The van der Waals surface area contributed by atoms with Gasteiger partial charge in [0.05, 0.1) is 0 Å². The maximum Gasteiger partial charge on any atom is 0.331 e. The zero-order valence-electron chi connectivity index (χ0n) is 5.46. The molecular weight excluding hydrogens is 116 g/mol. The summed E-state index contributed by atoms with van der Waals surface area (Å²) in [5.74, 6) is -0.201. The highest BCUT2D eigenvalue weighted by Gasteiger charge is 2.14. The maximum atomic E-state index is 10.4. The molecule has 0 radical (unpaired) electrons. The maximum absolute atomic E-state index is 10.4. The van der Waals surface area contributed by atoms with Gasteiger partial charge in [-0.2, -0.15) is 0 Å². The lowest BCUT2D eigenvalue weighted by Crippen LogP contribution is -2.06. The Morgan fingerprint density at radius 3 is 3.00 bits per heavy atom. The van der Waals surface area contributed by atoms with Crippen LogP contribution in [0.3, 0.4) is 0 Å². The van der Waals surface area contributed by atoms with Gasteiger partial charge in [-0.05, 0) is 12.5 Å². The molecule has 1 rings (SSSR count). The Balaban J connectivity index is 2.32. The van der Waals surface area contributed by atoms with E-state index in [2.05, 4.69) is 6.92 Å². The smallest absolute Gasteiger partial charge is 0.331 e. The first-order valence-corrected chi connectivity index (χ1v) is 3.21. The second-order valence-corrected chi connectivity index (χ2v) is 2.12. The minimum atomic E-state index is -0.201. The van der Waals surface area contributed by atoms with Crippen LogP contribution < -0.4 is 0 Å². The topological polar surface area (TPSA) is 26.3 Å². The predicted molar refractivity (Wildman–Crippen MR) is 33.9 cm³/mol. The van der Waals surface area contributed by atoms with Crippen molar-refractivity contribution >= 4 is 5.97 Å². The van der Waals surface area contributed by atoms with E-state index < -0.39 is 0 Å². The summed E-state index contributed by atoms with van der Waals surface area (Å²) in [6.45, 7) is 2.07. The molecule has 0 spiro atoms. The van der Waals surface area contributed by atoms with Crippen molar-refractivity contribution in [1.82, 2.24) is 0 Å². The Hall–Kier alpha value is -0.790. The highest BCUT2D eigenvalue weighted by Crippen LogP contribution is 2.09. The number of rotatable bonds is 2. The van der Waals surface area contributed by atoms with E-state index in [1.165, 1.54) is 6.08 Å². The minimum absolute atomic E-state index is 0.0579. The highest BCUT2D eigenvalue weighted by molar-refractivity contribution is 5.84. The van der Waals surface area contributed by atoms with Crippen LogP contribution in [0.2, 0.25) is 0 Å². The number of hydrogen-bond acceptors (Lipinski definition) is 2. The summed E-state index contributed by atoms with van der Waals surface area (Å²) in [4.78, 5) is 10.4. The van der Waals surface area contributed by atoms with Crippen molar-refractivity contribution in [2.24, 2.45) is 0 Å². The fourth-order valence-electron chi connectivity index (χ4n) is 0.853. The molecule has 0 N–H and O–H groups in total. The van der Waals surface area contributed by atoms with Crippen molar-refractivity contribution in [2.75, 3.05) is 0 Å².